The number of hydrogen-bond acceptors (Lipinski definition) is 2. The van der Waals surface area contributed by atoms with Gasteiger partial charge in [0.25, 0.3) is 0 Å². The Labute approximate surface area is 123 Å². The highest BCUT2D eigenvalue weighted by Gasteiger charge is 2.26. The second kappa shape index (κ2) is 10.7. The third-order valence-electron chi connectivity index (χ3n) is 2.00. The Hall–Kier alpha value is -0.250. The maximum atomic E-state index is 11.9. The first-order valence-corrected chi connectivity index (χ1v) is 5.51. The summed E-state index contributed by atoms with van der Waals surface area (Å²) >= 11 is 0. The lowest BCUT2D eigenvalue weighted by molar-refractivity contribution is -0.132. The zero-order valence-electron chi connectivity index (χ0n) is 11.0. The van der Waals surface area contributed by atoms with E-state index in [0.29, 0.717) is 12.5 Å². The molecular weight excluding hydrogens is 360 g/mol. The standard InChI is InChI=1S/C10H21F3N4.HI/c1-14-9(15-6-4-8-17(2)3)16-7-5-10(11,12)13;/h4-8H2,1-3H3,(H2,14,15,16);1H. The van der Waals surface area contributed by atoms with E-state index in [4.69, 9.17) is 0 Å². The minimum Gasteiger partial charge on any atom is -0.356 e. The zero-order chi connectivity index (χ0) is 13.3. The summed E-state index contributed by atoms with van der Waals surface area (Å²) in [6, 6.07) is 0. The number of hydrogen-bond donors (Lipinski definition) is 2. The van der Waals surface area contributed by atoms with Crippen LogP contribution in [-0.2, 0) is 0 Å². The van der Waals surface area contributed by atoms with Crippen molar-refractivity contribution in [2.45, 2.75) is 19.0 Å². The summed E-state index contributed by atoms with van der Waals surface area (Å²) in [5.41, 5.74) is 0. The van der Waals surface area contributed by atoms with E-state index in [1.54, 1.807) is 0 Å². The van der Waals surface area contributed by atoms with Gasteiger partial charge in [-0.3, -0.25) is 4.99 Å². The number of halogens is 4. The number of aliphatic imine (C=N–C) groups is 1. The van der Waals surface area contributed by atoms with Crippen LogP contribution in [0.15, 0.2) is 4.99 Å². The van der Waals surface area contributed by atoms with Gasteiger partial charge in [-0.25, -0.2) is 0 Å². The maximum absolute atomic E-state index is 11.9. The third kappa shape index (κ3) is 13.8. The summed E-state index contributed by atoms with van der Waals surface area (Å²) in [6.07, 6.45) is -4.07. The SMILES string of the molecule is CN=C(NCCCN(C)C)NCCC(F)(F)F.I. The van der Waals surface area contributed by atoms with Crippen molar-refractivity contribution in [1.29, 1.82) is 0 Å². The highest BCUT2D eigenvalue weighted by molar-refractivity contribution is 14.0. The van der Waals surface area contributed by atoms with Gasteiger partial charge in [-0.15, -0.1) is 24.0 Å². The van der Waals surface area contributed by atoms with Crippen LogP contribution in [0.1, 0.15) is 12.8 Å². The molecule has 110 valence electrons. The summed E-state index contributed by atoms with van der Waals surface area (Å²) in [7, 11) is 5.47. The number of guanidine groups is 1. The van der Waals surface area contributed by atoms with Crippen LogP contribution in [-0.4, -0.2) is 57.8 Å². The monoisotopic (exact) mass is 382 g/mol. The lowest BCUT2D eigenvalue weighted by atomic mass is 10.4. The molecule has 8 heteroatoms. The van der Waals surface area contributed by atoms with E-state index in [0.717, 1.165) is 13.0 Å². The van der Waals surface area contributed by atoms with Crippen LogP contribution in [0.4, 0.5) is 13.2 Å². The van der Waals surface area contributed by atoms with Gasteiger partial charge in [-0.1, -0.05) is 0 Å². The van der Waals surface area contributed by atoms with Gasteiger partial charge in [0, 0.05) is 20.1 Å². The Balaban J connectivity index is 0. The predicted molar refractivity (Wildman–Crippen MR) is 78.6 cm³/mol. The topological polar surface area (TPSA) is 39.7 Å². The lowest BCUT2D eigenvalue weighted by Crippen LogP contribution is -2.39. The fourth-order valence-corrected chi connectivity index (χ4v) is 1.15. The first-order chi connectivity index (χ1) is 7.85. The number of alkyl halides is 3. The molecule has 0 unspecified atom stereocenters. The van der Waals surface area contributed by atoms with E-state index in [9.17, 15) is 13.2 Å². The van der Waals surface area contributed by atoms with E-state index in [1.807, 2.05) is 19.0 Å². The van der Waals surface area contributed by atoms with Crippen LogP contribution in [0.25, 0.3) is 0 Å². The number of nitrogens with one attached hydrogen (secondary N) is 2. The highest BCUT2D eigenvalue weighted by atomic mass is 127. The molecule has 0 aromatic carbocycles. The molecule has 0 saturated heterocycles. The Kier molecular flexibility index (Phi) is 11.9. The van der Waals surface area contributed by atoms with Crippen molar-refractivity contribution in [2.75, 3.05) is 40.8 Å². The Morgan fingerprint density at radius 1 is 1.17 bits per heavy atom. The van der Waals surface area contributed by atoms with Crippen molar-refractivity contribution in [1.82, 2.24) is 15.5 Å². The van der Waals surface area contributed by atoms with E-state index < -0.39 is 12.6 Å². The molecule has 0 aliphatic carbocycles. The van der Waals surface area contributed by atoms with Crippen LogP contribution in [0.2, 0.25) is 0 Å². The van der Waals surface area contributed by atoms with Crippen molar-refractivity contribution >= 4 is 29.9 Å². The van der Waals surface area contributed by atoms with E-state index in [1.165, 1.54) is 7.05 Å². The second-order valence-corrected chi connectivity index (χ2v) is 3.95. The molecule has 0 aliphatic heterocycles. The van der Waals surface area contributed by atoms with Crippen LogP contribution in [0, 0.1) is 0 Å². The van der Waals surface area contributed by atoms with Crippen LogP contribution >= 0.6 is 24.0 Å². The Bertz CT molecular complexity index is 232. The van der Waals surface area contributed by atoms with Gasteiger partial charge in [-0.2, -0.15) is 13.2 Å². The molecule has 0 bridgehead atoms. The molecule has 4 nitrogen and oxygen atoms in total. The van der Waals surface area contributed by atoms with Gasteiger partial charge in [0.1, 0.15) is 0 Å². The lowest BCUT2D eigenvalue weighted by Gasteiger charge is -2.14. The van der Waals surface area contributed by atoms with Gasteiger partial charge in [-0.05, 0) is 27.1 Å². The minimum atomic E-state index is -4.13. The van der Waals surface area contributed by atoms with Gasteiger partial charge in [0.15, 0.2) is 5.96 Å². The van der Waals surface area contributed by atoms with Gasteiger partial charge < -0.3 is 15.5 Å². The minimum absolute atomic E-state index is 0. The van der Waals surface area contributed by atoms with E-state index in [2.05, 4.69) is 15.6 Å². The molecule has 0 fully saturated rings. The molecule has 0 atom stereocenters. The number of rotatable bonds is 6. The van der Waals surface area contributed by atoms with Gasteiger partial charge >= 0.3 is 6.18 Å². The second-order valence-electron chi connectivity index (χ2n) is 3.95. The molecule has 2 N–H and O–H groups in total. The quantitative estimate of drug-likeness (QED) is 0.318. The molecule has 0 aliphatic rings. The fourth-order valence-electron chi connectivity index (χ4n) is 1.15. The summed E-state index contributed by atoms with van der Waals surface area (Å²) in [5, 5.41) is 5.58. The molecule has 0 amide bonds. The maximum Gasteiger partial charge on any atom is 0.390 e. The molecule has 18 heavy (non-hydrogen) atoms. The third-order valence-corrected chi connectivity index (χ3v) is 2.00. The van der Waals surface area contributed by atoms with Crippen molar-refractivity contribution in [2.24, 2.45) is 4.99 Å². The van der Waals surface area contributed by atoms with Crippen molar-refractivity contribution in [3.8, 4) is 0 Å². The smallest absolute Gasteiger partial charge is 0.356 e. The first kappa shape index (κ1) is 20.1. The summed E-state index contributed by atoms with van der Waals surface area (Å²) in [6.45, 7) is 1.45. The Morgan fingerprint density at radius 2 is 1.72 bits per heavy atom. The van der Waals surface area contributed by atoms with Crippen LogP contribution < -0.4 is 10.6 Å². The normalized spacial score (nSPS) is 12.3. The van der Waals surface area contributed by atoms with Crippen LogP contribution in [0.5, 0.6) is 0 Å². The summed E-state index contributed by atoms with van der Waals surface area (Å²) in [5.74, 6) is 0.410. The van der Waals surface area contributed by atoms with Crippen molar-refractivity contribution in [3.05, 3.63) is 0 Å². The first-order valence-electron chi connectivity index (χ1n) is 5.51. The molecule has 0 aromatic heterocycles. The predicted octanol–water partition coefficient (Wildman–Crippen LogP) is 1.67. The molecule has 0 radical (unpaired) electrons. The van der Waals surface area contributed by atoms with Gasteiger partial charge in [0.05, 0.1) is 6.42 Å². The molecule has 0 aromatic rings. The summed E-state index contributed by atoms with van der Waals surface area (Å²) < 4.78 is 35.7. The van der Waals surface area contributed by atoms with Crippen molar-refractivity contribution < 1.29 is 13.2 Å². The average Bonchev–Trinajstić information content (AvgIpc) is 2.19. The molecule has 0 rings (SSSR count). The fraction of sp³-hybridized carbons (Fsp3) is 0.900. The highest BCUT2D eigenvalue weighted by Crippen LogP contribution is 2.17. The molecule has 0 heterocycles. The summed E-state index contributed by atoms with van der Waals surface area (Å²) in [4.78, 5) is 5.88. The Morgan fingerprint density at radius 3 is 2.17 bits per heavy atom. The van der Waals surface area contributed by atoms with Gasteiger partial charge in [0.2, 0.25) is 0 Å². The largest absolute Gasteiger partial charge is 0.390 e. The average molecular weight is 382 g/mol. The molecule has 0 saturated carbocycles. The van der Waals surface area contributed by atoms with E-state index in [-0.39, 0.29) is 30.5 Å². The van der Waals surface area contributed by atoms with Crippen LogP contribution in [0.3, 0.4) is 0 Å². The zero-order valence-corrected chi connectivity index (χ0v) is 13.3. The number of nitrogens with zero attached hydrogens (tertiary/aromatic N) is 2. The molecular formula is C10H22F3IN4. The van der Waals surface area contributed by atoms with Crippen molar-refractivity contribution in [3.63, 3.8) is 0 Å². The van der Waals surface area contributed by atoms with E-state index >= 15 is 0 Å². The molecule has 0 spiro atoms.